The highest BCUT2D eigenvalue weighted by Crippen LogP contribution is 2.45. The van der Waals surface area contributed by atoms with E-state index < -0.39 is 5.60 Å². The number of carbonyl (C=O) groups excluding carboxylic acids is 2. The van der Waals surface area contributed by atoms with Crippen LogP contribution in [-0.4, -0.2) is 17.5 Å². The fourth-order valence-electron chi connectivity index (χ4n) is 4.66. The molecular weight excluding hydrogens is 302 g/mol. The second kappa shape index (κ2) is 6.23. The van der Waals surface area contributed by atoms with Gasteiger partial charge in [-0.3, -0.25) is 9.59 Å². The molecule has 1 heterocycles. The molecule has 4 rings (SSSR count). The van der Waals surface area contributed by atoms with Crippen molar-refractivity contribution in [3.8, 4) is 0 Å². The molecule has 128 valence electrons. The Morgan fingerprint density at radius 1 is 1.12 bits per heavy atom. The van der Waals surface area contributed by atoms with Crippen molar-refractivity contribution in [2.24, 2.45) is 5.92 Å². The fourth-order valence-corrected chi connectivity index (χ4v) is 4.66. The van der Waals surface area contributed by atoms with E-state index in [0.29, 0.717) is 6.54 Å². The molecule has 1 atom stereocenters. The summed E-state index contributed by atoms with van der Waals surface area (Å²) < 4.78 is 5.57. The van der Waals surface area contributed by atoms with E-state index in [1.165, 1.54) is 30.4 Å². The number of aryl methyl sites for hydroxylation is 2. The second-order valence-electron chi connectivity index (χ2n) is 7.53. The van der Waals surface area contributed by atoms with E-state index in [4.69, 9.17) is 4.74 Å². The molecule has 4 nitrogen and oxygen atoms in total. The summed E-state index contributed by atoms with van der Waals surface area (Å²) in [6.45, 7) is 0.535. The number of esters is 1. The molecule has 0 bridgehead atoms. The number of amides is 1. The fraction of sp³-hybridized carbons (Fsp3) is 0.600. The van der Waals surface area contributed by atoms with Gasteiger partial charge in [-0.1, -0.05) is 18.2 Å². The Hall–Kier alpha value is -1.84. The Morgan fingerprint density at radius 3 is 2.67 bits per heavy atom. The molecule has 2 aliphatic carbocycles. The third-order valence-corrected chi connectivity index (χ3v) is 5.97. The number of benzene rings is 1. The highest BCUT2D eigenvalue weighted by atomic mass is 16.6. The molecule has 0 aromatic heterocycles. The lowest BCUT2D eigenvalue weighted by atomic mass is 9.85. The van der Waals surface area contributed by atoms with Crippen LogP contribution in [0.25, 0.3) is 0 Å². The van der Waals surface area contributed by atoms with Gasteiger partial charge in [0.2, 0.25) is 5.91 Å². The molecule has 1 aromatic rings. The smallest absolute Gasteiger partial charge is 0.307 e. The van der Waals surface area contributed by atoms with Crippen molar-refractivity contribution in [2.45, 2.75) is 69.9 Å². The molecule has 24 heavy (non-hydrogen) atoms. The highest BCUT2D eigenvalue weighted by molar-refractivity contribution is 5.87. The second-order valence-corrected chi connectivity index (χ2v) is 7.53. The van der Waals surface area contributed by atoms with Crippen LogP contribution in [0.3, 0.4) is 0 Å². The molecule has 4 heteroatoms. The lowest BCUT2D eigenvalue weighted by Gasteiger charge is -2.28. The van der Waals surface area contributed by atoms with E-state index in [1.54, 1.807) is 0 Å². The van der Waals surface area contributed by atoms with E-state index in [0.717, 1.165) is 37.7 Å². The van der Waals surface area contributed by atoms with Crippen LogP contribution in [0.15, 0.2) is 18.2 Å². The Balaban J connectivity index is 1.42. The first-order chi connectivity index (χ1) is 11.7. The molecule has 1 aromatic carbocycles. The molecule has 2 fully saturated rings. The summed E-state index contributed by atoms with van der Waals surface area (Å²) in [7, 11) is 0. The van der Waals surface area contributed by atoms with Gasteiger partial charge in [0.05, 0.1) is 12.3 Å². The van der Waals surface area contributed by atoms with Gasteiger partial charge in [0, 0.05) is 6.54 Å². The minimum Gasteiger partial charge on any atom is -0.458 e. The van der Waals surface area contributed by atoms with Gasteiger partial charge < -0.3 is 10.1 Å². The molecule has 1 spiro atoms. The third kappa shape index (κ3) is 2.83. The predicted octanol–water partition coefficient (Wildman–Crippen LogP) is 3.06. The van der Waals surface area contributed by atoms with Gasteiger partial charge in [0.25, 0.3) is 0 Å². The van der Waals surface area contributed by atoms with Crippen LogP contribution < -0.4 is 5.32 Å². The summed E-state index contributed by atoms with van der Waals surface area (Å²) in [5.74, 6) is -0.559. The van der Waals surface area contributed by atoms with Crippen molar-refractivity contribution >= 4 is 11.9 Å². The van der Waals surface area contributed by atoms with Crippen LogP contribution in [0.1, 0.15) is 61.6 Å². The molecule has 1 unspecified atom stereocenters. The van der Waals surface area contributed by atoms with Crippen molar-refractivity contribution in [1.82, 2.24) is 5.32 Å². The van der Waals surface area contributed by atoms with E-state index in [1.807, 2.05) is 0 Å². The monoisotopic (exact) mass is 327 g/mol. The minimum absolute atomic E-state index is 0.0273. The van der Waals surface area contributed by atoms with Gasteiger partial charge in [-0.2, -0.15) is 0 Å². The van der Waals surface area contributed by atoms with Crippen molar-refractivity contribution in [2.75, 3.05) is 0 Å². The average molecular weight is 327 g/mol. The number of hydrogen-bond acceptors (Lipinski definition) is 3. The van der Waals surface area contributed by atoms with Gasteiger partial charge in [0.1, 0.15) is 5.60 Å². The zero-order valence-electron chi connectivity index (χ0n) is 14.1. The Morgan fingerprint density at radius 2 is 1.88 bits per heavy atom. The van der Waals surface area contributed by atoms with E-state index in [9.17, 15) is 9.59 Å². The first kappa shape index (κ1) is 15.7. The first-order valence-electron chi connectivity index (χ1n) is 9.27. The Labute approximate surface area is 143 Å². The van der Waals surface area contributed by atoms with E-state index >= 15 is 0 Å². The van der Waals surface area contributed by atoms with Crippen LogP contribution in [-0.2, 0) is 33.7 Å². The molecule has 3 aliphatic rings. The number of hydrogen-bond donors (Lipinski definition) is 1. The molecule has 1 aliphatic heterocycles. The Kier molecular flexibility index (Phi) is 4.07. The number of fused-ring (bicyclic) bond motifs is 1. The molecule has 1 saturated carbocycles. The summed E-state index contributed by atoms with van der Waals surface area (Å²) in [6, 6.07) is 6.55. The van der Waals surface area contributed by atoms with Crippen molar-refractivity contribution in [3.05, 3.63) is 34.9 Å². The zero-order valence-corrected chi connectivity index (χ0v) is 14.1. The SMILES string of the molecule is O=C1CC(C(=O)NCc2ccc3c(c2)CCCC3)C2(CCCC2)O1. The maximum Gasteiger partial charge on any atom is 0.307 e. The molecule has 0 radical (unpaired) electrons. The Bertz CT molecular complexity index is 661. The van der Waals surface area contributed by atoms with Gasteiger partial charge in [0.15, 0.2) is 0 Å². The summed E-state index contributed by atoms with van der Waals surface area (Å²) in [6.07, 6.45) is 8.83. The predicted molar refractivity (Wildman–Crippen MR) is 90.3 cm³/mol. The molecular formula is C20H25NO3. The number of nitrogens with one attached hydrogen (secondary N) is 1. The van der Waals surface area contributed by atoms with Crippen LogP contribution in [0.4, 0.5) is 0 Å². The molecule has 1 saturated heterocycles. The van der Waals surface area contributed by atoms with Gasteiger partial charge in [-0.25, -0.2) is 0 Å². The summed E-state index contributed by atoms with van der Waals surface area (Å²) in [4.78, 5) is 24.4. The maximum atomic E-state index is 12.7. The topological polar surface area (TPSA) is 55.4 Å². The molecule has 1 amide bonds. The number of ether oxygens (including phenoxy) is 1. The van der Waals surface area contributed by atoms with Gasteiger partial charge >= 0.3 is 5.97 Å². The van der Waals surface area contributed by atoms with Crippen LogP contribution >= 0.6 is 0 Å². The lowest BCUT2D eigenvalue weighted by molar-refractivity contribution is -0.149. The van der Waals surface area contributed by atoms with Crippen LogP contribution in [0.5, 0.6) is 0 Å². The summed E-state index contributed by atoms with van der Waals surface area (Å²) in [5, 5.41) is 3.05. The highest BCUT2D eigenvalue weighted by Gasteiger charge is 2.53. The van der Waals surface area contributed by atoms with Crippen LogP contribution in [0, 0.1) is 5.92 Å². The van der Waals surface area contributed by atoms with E-state index in [2.05, 4.69) is 23.5 Å². The summed E-state index contributed by atoms with van der Waals surface area (Å²) >= 11 is 0. The van der Waals surface area contributed by atoms with Gasteiger partial charge in [-0.05, 0) is 68.1 Å². The lowest BCUT2D eigenvalue weighted by Crippen LogP contribution is -2.42. The largest absolute Gasteiger partial charge is 0.458 e. The molecule has 1 N–H and O–H groups in total. The number of carbonyl (C=O) groups is 2. The third-order valence-electron chi connectivity index (χ3n) is 5.97. The first-order valence-corrected chi connectivity index (χ1v) is 9.27. The number of rotatable bonds is 3. The normalized spacial score (nSPS) is 24.7. The van der Waals surface area contributed by atoms with E-state index in [-0.39, 0.29) is 24.2 Å². The summed E-state index contributed by atoms with van der Waals surface area (Å²) in [5.41, 5.74) is 3.52. The quantitative estimate of drug-likeness (QED) is 0.868. The van der Waals surface area contributed by atoms with Crippen molar-refractivity contribution < 1.29 is 14.3 Å². The average Bonchev–Trinajstić information content (AvgIpc) is 3.19. The standard InChI is InChI=1S/C20H25NO3/c22-18-12-17(20(24-18)9-3-4-10-20)19(23)21-13-14-7-8-15-5-1-2-6-16(15)11-14/h7-8,11,17H,1-6,9-10,12-13H2,(H,21,23). The maximum absolute atomic E-state index is 12.7. The minimum atomic E-state index is -0.517. The zero-order chi connectivity index (χ0) is 16.6. The van der Waals surface area contributed by atoms with Crippen LogP contribution in [0.2, 0.25) is 0 Å². The van der Waals surface area contributed by atoms with Crippen molar-refractivity contribution in [1.29, 1.82) is 0 Å². The van der Waals surface area contributed by atoms with Crippen molar-refractivity contribution in [3.63, 3.8) is 0 Å². The van der Waals surface area contributed by atoms with Gasteiger partial charge in [-0.15, -0.1) is 0 Å².